The summed E-state index contributed by atoms with van der Waals surface area (Å²) in [6, 6.07) is 22.5. The van der Waals surface area contributed by atoms with E-state index in [1.807, 2.05) is 43.3 Å². The Hall–Kier alpha value is -2.85. The summed E-state index contributed by atoms with van der Waals surface area (Å²) in [7, 11) is 0. The van der Waals surface area contributed by atoms with E-state index >= 15 is 0 Å². The van der Waals surface area contributed by atoms with Crippen LogP contribution < -0.4 is 10.1 Å². The maximum absolute atomic E-state index is 12.9. The van der Waals surface area contributed by atoms with Gasteiger partial charge in [-0.25, -0.2) is 0 Å². The number of fused-ring (bicyclic) bond motifs is 1. The van der Waals surface area contributed by atoms with Crippen molar-refractivity contribution in [1.29, 1.82) is 0 Å². The number of piperidine rings is 1. The topological polar surface area (TPSA) is 41.6 Å². The number of nitrogens with one attached hydrogen (secondary N) is 1. The Kier molecular flexibility index (Phi) is 7.21. The predicted octanol–water partition coefficient (Wildman–Crippen LogP) is 5.30. The molecule has 31 heavy (non-hydrogen) atoms. The summed E-state index contributed by atoms with van der Waals surface area (Å²) in [5.41, 5.74) is 2.48. The molecule has 1 N–H and O–H groups in total. The smallest absolute Gasteiger partial charge is 0.261 e. The molecule has 1 fully saturated rings. The lowest BCUT2D eigenvalue weighted by atomic mass is 10.0. The van der Waals surface area contributed by atoms with Crippen molar-refractivity contribution < 1.29 is 9.53 Å². The average Bonchev–Trinajstić information content (AvgIpc) is 2.82. The third-order valence-electron chi connectivity index (χ3n) is 6.10. The zero-order valence-electron chi connectivity index (χ0n) is 18.3. The van der Waals surface area contributed by atoms with E-state index in [0.717, 1.165) is 36.2 Å². The van der Waals surface area contributed by atoms with Crippen molar-refractivity contribution in [1.82, 2.24) is 10.2 Å². The number of carbonyl (C=O) groups is 1. The van der Waals surface area contributed by atoms with Gasteiger partial charge in [-0.05, 0) is 54.9 Å². The summed E-state index contributed by atoms with van der Waals surface area (Å²) in [5, 5.41) is 5.26. The predicted molar refractivity (Wildman–Crippen MR) is 126 cm³/mol. The Morgan fingerprint density at radius 2 is 1.65 bits per heavy atom. The van der Waals surface area contributed by atoms with Crippen LogP contribution in [0.1, 0.15) is 43.7 Å². The van der Waals surface area contributed by atoms with Gasteiger partial charge in [0.25, 0.3) is 5.91 Å². The van der Waals surface area contributed by atoms with E-state index in [1.165, 1.54) is 30.4 Å². The number of nitrogens with zero attached hydrogens (tertiary/aromatic N) is 1. The normalized spacial score (nSPS) is 15.5. The number of carbonyl (C=O) groups excluding carboxylic acids is 1. The standard InChI is InChI=1S/C27H32N2O2/c1-2-25(31-26-16-10-14-21-11-6-7-15-24(21)26)27(30)28-19-22-12-4-5-13-23(22)20-29-17-8-3-9-18-29/h4-7,10-16,25H,2-3,8-9,17-20H2,1H3,(H,28,30)/t25-/m1/s1. The highest BCUT2D eigenvalue weighted by molar-refractivity contribution is 5.89. The van der Waals surface area contributed by atoms with Crippen molar-refractivity contribution >= 4 is 16.7 Å². The van der Waals surface area contributed by atoms with Crippen LogP contribution in [0.3, 0.4) is 0 Å². The van der Waals surface area contributed by atoms with E-state index in [0.29, 0.717) is 13.0 Å². The molecule has 1 heterocycles. The maximum Gasteiger partial charge on any atom is 0.261 e. The SMILES string of the molecule is CC[C@@H](Oc1cccc2ccccc12)C(=O)NCc1ccccc1CN1CCCCC1. The first kappa shape index (κ1) is 21.4. The summed E-state index contributed by atoms with van der Waals surface area (Å²) in [4.78, 5) is 15.5. The van der Waals surface area contributed by atoms with E-state index in [-0.39, 0.29) is 5.91 Å². The van der Waals surface area contributed by atoms with Gasteiger partial charge in [-0.15, -0.1) is 0 Å². The lowest BCUT2D eigenvalue weighted by Crippen LogP contribution is -2.38. The molecule has 0 unspecified atom stereocenters. The quantitative estimate of drug-likeness (QED) is 0.542. The number of ether oxygens (including phenoxy) is 1. The Labute approximate surface area is 185 Å². The molecule has 0 radical (unpaired) electrons. The van der Waals surface area contributed by atoms with Gasteiger partial charge in [0.15, 0.2) is 6.10 Å². The number of amides is 1. The molecule has 1 atom stereocenters. The van der Waals surface area contributed by atoms with E-state index in [1.54, 1.807) is 0 Å². The lowest BCUT2D eigenvalue weighted by molar-refractivity contribution is -0.128. The highest BCUT2D eigenvalue weighted by Crippen LogP contribution is 2.26. The largest absolute Gasteiger partial charge is 0.480 e. The molecule has 1 amide bonds. The van der Waals surface area contributed by atoms with Crippen LogP contribution in [0.5, 0.6) is 5.75 Å². The molecule has 0 spiro atoms. The molecule has 4 heteroatoms. The van der Waals surface area contributed by atoms with Gasteiger partial charge in [0.2, 0.25) is 0 Å². The van der Waals surface area contributed by atoms with Crippen LogP contribution in [-0.4, -0.2) is 30.0 Å². The first-order valence-corrected chi connectivity index (χ1v) is 11.5. The van der Waals surface area contributed by atoms with Crippen molar-refractivity contribution in [2.45, 2.75) is 51.8 Å². The zero-order valence-corrected chi connectivity index (χ0v) is 18.3. The lowest BCUT2D eigenvalue weighted by Gasteiger charge is -2.27. The Bertz CT molecular complexity index is 1010. The van der Waals surface area contributed by atoms with E-state index in [2.05, 4.69) is 40.5 Å². The second-order valence-corrected chi connectivity index (χ2v) is 8.32. The van der Waals surface area contributed by atoms with Gasteiger partial charge in [0, 0.05) is 18.5 Å². The Balaban J connectivity index is 1.40. The maximum atomic E-state index is 12.9. The van der Waals surface area contributed by atoms with Crippen LogP contribution in [0.25, 0.3) is 10.8 Å². The summed E-state index contributed by atoms with van der Waals surface area (Å²) in [5.74, 6) is 0.689. The molecule has 1 aliphatic rings. The molecule has 0 aliphatic carbocycles. The molecule has 3 aromatic carbocycles. The molecular formula is C27H32N2O2. The zero-order chi connectivity index (χ0) is 21.5. The summed E-state index contributed by atoms with van der Waals surface area (Å²) >= 11 is 0. The van der Waals surface area contributed by atoms with Crippen LogP contribution in [-0.2, 0) is 17.9 Å². The molecule has 1 aliphatic heterocycles. The van der Waals surface area contributed by atoms with Gasteiger partial charge in [-0.3, -0.25) is 9.69 Å². The molecule has 0 aromatic heterocycles. The molecule has 4 nitrogen and oxygen atoms in total. The van der Waals surface area contributed by atoms with Crippen molar-refractivity contribution in [3.8, 4) is 5.75 Å². The average molecular weight is 417 g/mol. The van der Waals surface area contributed by atoms with E-state index in [4.69, 9.17) is 4.74 Å². The number of benzene rings is 3. The van der Waals surface area contributed by atoms with E-state index < -0.39 is 6.10 Å². The van der Waals surface area contributed by atoms with Crippen molar-refractivity contribution in [2.75, 3.05) is 13.1 Å². The number of hydrogen-bond acceptors (Lipinski definition) is 3. The minimum atomic E-state index is -0.514. The van der Waals surface area contributed by atoms with Gasteiger partial charge in [0.05, 0.1) is 0 Å². The van der Waals surface area contributed by atoms with Crippen LogP contribution in [0.2, 0.25) is 0 Å². The first-order chi connectivity index (χ1) is 15.2. The Morgan fingerprint density at radius 3 is 2.45 bits per heavy atom. The van der Waals surface area contributed by atoms with Crippen LogP contribution in [0, 0.1) is 0 Å². The summed E-state index contributed by atoms with van der Waals surface area (Å²) in [6.45, 7) is 5.79. The minimum Gasteiger partial charge on any atom is -0.480 e. The number of likely N-dealkylation sites (tertiary alicyclic amines) is 1. The van der Waals surface area contributed by atoms with Gasteiger partial charge in [0.1, 0.15) is 5.75 Å². The Morgan fingerprint density at radius 1 is 0.935 bits per heavy atom. The van der Waals surface area contributed by atoms with Gasteiger partial charge in [-0.2, -0.15) is 0 Å². The van der Waals surface area contributed by atoms with Gasteiger partial charge in [-0.1, -0.05) is 74.0 Å². The highest BCUT2D eigenvalue weighted by atomic mass is 16.5. The first-order valence-electron chi connectivity index (χ1n) is 11.5. The van der Waals surface area contributed by atoms with Crippen molar-refractivity contribution in [2.24, 2.45) is 0 Å². The van der Waals surface area contributed by atoms with Crippen LogP contribution in [0.4, 0.5) is 0 Å². The monoisotopic (exact) mass is 416 g/mol. The summed E-state index contributed by atoms with van der Waals surface area (Å²) < 4.78 is 6.16. The highest BCUT2D eigenvalue weighted by Gasteiger charge is 2.20. The second kappa shape index (κ2) is 10.5. The fraction of sp³-hybridized carbons (Fsp3) is 0.370. The van der Waals surface area contributed by atoms with Crippen molar-refractivity contribution in [3.05, 3.63) is 77.9 Å². The third-order valence-corrected chi connectivity index (χ3v) is 6.10. The van der Waals surface area contributed by atoms with Gasteiger partial charge >= 0.3 is 0 Å². The molecular weight excluding hydrogens is 384 g/mol. The summed E-state index contributed by atoms with van der Waals surface area (Å²) in [6.07, 6.45) is 4.00. The molecule has 0 bridgehead atoms. The number of hydrogen-bond donors (Lipinski definition) is 1. The van der Waals surface area contributed by atoms with Gasteiger partial charge < -0.3 is 10.1 Å². The fourth-order valence-electron chi connectivity index (χ4n) is 4.31. The van der Waals surface area contributed by atoms with Crippen LogP contribution >= 0.6 is 0 Å². The minimum absolute atomic E-state index is 0.0665. The fourth-order valence-corrected chi connectivity index (χ4v) is 4.31. The molecule has 3 aromatic rings. The number of rotatable bonds is 8. The van der Waals surface area contributed by atoms with E-state index in [9.17, 15) is 4.79 Å². The molecule has 4 rings (SSSR count). The molecule has 162 valence electrons. The van der Waals surface area contributed by atoms with Crippen LogP contribution in [0.15, 0.2) is 66.7 Å². The third kappa shape index (κ3) is 5.45. The second-order valence-electron chi connectivity index (χ2n) is 8.32. The molecule has 0 saturated carbocycles. The van der Waals surface area contributed by atoms with Crippen molar-refractivity contribution in [3.63, 3.8) is 0 Å². The molecule has 1 saturated heterocycles.